The molecule has 3 unspecified atom stereocenters. The zero-order chi connectivity index (χ0) is 21.7. The fourth-order valence-corrected chi connectivity index (χ4v) is 3.57. The number of rotatable bonds is 6. The Balaban J connectivity index is 1.82. The van der Waals surface area contributed by atoms with Crippen molar-refractivity contribution in [2.75, 3.05) is 0 Å². The minimum atomic E-state index is -1.30. The van der Waals surface area contributed by atoms with Crippen molar-refractivity contribution in [1.82, 2.24) is 4.98 Å². The molecule has 152 valence electrons. The summed E-state index contributed by atoms with van der Waals surface area (Å²) in [5.41, 5.74) is 1.46. The molecule has 0 fully saturated rings. The first-order valence-corrected chi connectivity index (χ1v) is 9.99. The van der Waals surface area contributed by atoms with Gasteiger partial charge in [0.25, 0.3) is 0 Å². The largest absolute Gasteiger partial charge is 0.441 e. The van der Waals surface area contributed by atoms with E-state index < -0.39 is 23.9 Å². The van der Waals surface area contributed by atoms with Crippen molar-refractivity contribution < 1.29 is 14.3 Å². The number of Topliss-reactive ketones (excluding diaryl/α,β-unsaturated/α-hetero) is 1. The van der Waals surface area contributed by atoms with E-state index in [-0.39, 0.29) is 17.3 Å². The quantitative estimate of drug-likeness (QED) is 0.629. The Morgan fingerprint density at radius 2 is 1.93 bits per heavy atom. The van der Waals surface area contributed by atoms with E-state index in [1.165, 1.54) is 6.08 Å². The Labute approximate surface area is 180 Å². The van der Waals surface area contributed by atoms with Gasteiger partial charge in [0.1, 0.15) is 6.07 Å². The number of hydrogen-bond acceptors (Lipinski definition) is 5. The number of nitriles is 1. The zero-order valence-corrected chi connectivity index (χ0v) is 17.4. The lowest BCUT2D eigenvalue weighted by Gasteiger charge is -2.24. The molecule has 5 nitrogen and oxygen atoms in total. The molecule has 0 saturated heterocycles. The second-order valence-corrected chi connectivity index (χ2v) is 7.76. The summed E-state index contributed by atoms with van der Waals surface area (Å²) in [6, 6.07) is 14.2. The number of esters is 1. The highest BCUT2D eigenvalue weighted by molar-refractivity contribution is 6.30. The first-order valence-electron chi connectivity index (χ1n) is 9.61. The molecule has 1 aliphatic carbocycles. The summed E-state index contributed by atoms with van der Waals surface area (Å²) in [7, 11) is 0. The van der Waals surface area contributed by atoms with Gasteiger partial charge in [0.05, 0.1) is 23.1 Å². The molecule has 0 spiro atoms. The molecule has 0 N–H and O–H groups in total. The van der Waals surface area contributed by atoms with Crippen molar-refractivity contribution in [3.8, 4) is 6.07 Å². The third-order valence-electron chi connectivity index (χ3n) is 4.94. The van der Waals surface area contributed by atoms with E-state index >= 15 is 0 Å². The molecule has 0 saturated carbocycles. The topological polar surface area (TPSA) is 80.1 Å². The summed E-state index contributed by atoms with van der Waals surface area (Å²) in [6.45, 7) is 3.79. The van der Waals surface area contributed by atoms with E-state index in [1.807, 2.05) is 19.9 Å². The van der Waals surface area contributed by atoms with Gasteiger partial charge in [-0.2, -0.15) is 5.26 Å². The van der Waals surface area contributed by atoms with Crippen molar-refractivity contribution >= 4 is 23.4 Å². The molecule has 3 atom stereocenters. The first kappa shape index (κ1) is 21.5. The van der Waals surface area contributed by atoms with E-state index in [0.29, 0.717) is 10.7 Å². The molecule has 0 amide bonds. The molecule has 6 heteroatoms. The Morgan fingerprint density at radius 3 is 2.53 bits per heavy atom. The van der Waals surface area contributed by atoms with Crippen LogP contribution < -0.4 is 0 Å². The standard InChI is InChI=1S/C24H21ClN2O3/c1-15(2)22(16-9-11-17(25)12-10-16)24(29)30-21(14-26)19-7-5-6-18(23(19)28)20-8-3-4-13-27-20/h3-13,15,18,21-22H,1-2H3. The monoisotopic (exact) mass is 420 g/mol. The molecule has 30 heavy (non-hydrogen) atoms. The van der Waals surface area contributed by atoms with Crippen molar-refractivity contribution in [3.63, 3.8) is 0 Å². The van der Waals surface area contributed by atoms with Gasteiger partial charge >= 0.3 is 5.97 Å². The lowest BCUT2D eigenvalue weighted by atomic mass is 9.86. The molecular formula is C24H21ClN2O3. The van der Waals surface area contributed by atoms with Crippen LogP contribution in [-0.2, 0) is 14.3 Å². The molecule has 2 aromatic rings. The summed E-state index contributed by atoms with van der Waals surface area (Å²) < 4.78 is 5.53. The van der Waals surface area contributed by atoms with Crippen LogP contribution >= 0.6 is 11.6 Å². The van der Waals surface area contributed by atoms with E-state index in [1.54, 1.807) is 60.8 Å². The number of aromatic nitrogens is 1. The molecule has 3 rings (SSSR count). The number of ketones is 1. The minimum absolute atomic E-state index is 0.0739. The van der Waals surface area contributed by atoms with Gasteiger partial charge in [0.15, 0.2) is 5.78 Å². The Kier molecular flexibility index (Phi) is 6.81. The number of carbonyl (C=O) groups is 2. The van der Waals surface area contributed by atoms with Crippen LogP contribution in [-0.4, -0.2) is 22.8 Å². The van der Waals surface area contributed by atoms with Gasteiger partial charge in [0, 0.05) is 11.2 Å². The van der Waals surface area contributed by atoms with Crippen molar-refractivity contribution in [1.29, 1.82) is 5.26 Å². The summed E-state index contributed by atoms with van der Waals surface area (Å²) in [5, 5.41) is 10.2. The Bertz CT molecular complexity index is 1020. The highest BCUT2D eigenvalue weighted by atomic mass is 35.5. The SMILES string of the molecule is CC(C)C(C(=O)OC(C#N)C1=CC=CC(c2ccccn2)C1=O)c1ccc(Cl)cc1. The highest BCUT2D eigenvalue weighted by Gasteiger charge is 2.34. The number of nitrogens with zero attached hydrogens (tertiary/aromatic N) is 2. The van der Waals surface area contributed by atoms with Gasteiger partial charge in [-0.15, -0.1) is 0 Å². The van der Waals surface area contributed by atoms with Gasteiger partial charge in [-0.05, 0) is 35.7 Å². The second-order valence-electron chi connectivity index (χ2n) is 7.32. The Morgan fingerprint density at radius 1 is 1.20 bits per heavy atom. The van der Waals surface area contributed by atoms with E-state index in [4.69, 9.17) is 16.3 Å². The molecule has 1 aliphatic rings. The summed E-state index contributed by atoms with van der Waals surface area (Å²) in [6.07, 6.45) is 5.24. The van der Waals surface area contributed by atoms with Gasteiger partial charge in [-0.25, -0.2) is 0 Å². The predicted octanol–water partition coefficient (Wildman–Crippen LogP) is 4.76. The van der Waals surface area contributed by atoms with E-state index in [0.717, 1.165) is 5.56 Å². The van der Waals surface area contributed by atoms with Crippen LogP contribution in [0.1, 0.15) is 36.9 Å². The average molecular weight is 421 g/mol. The number of ether oxygens (including phenoxy) is 1. The molecule has 1 heterocycles. The maximum atomic E-state index is 13.0. The van der Waals surface area contributed by atoms with Crippen molar-refractivity contribution in [2.24, 2.45) is 5.92 Å². The number of pyridine rings is 1. The number of hydrogen-bond donors (Lipinski definition) is 0. The van der Waals surface area contributed by atoms with Gasteiger partial charge in [-0.1, -0.05) is 61.9 Å². The fourth-order valence-electron chi connectivity index (χ4n) is 3.44. The van der Waals surface area contributed by atoms with Crippen LogP contribution in [0.2, 0.25) is 5.02 Å². The predicted molar refractivity (Wildman–Crippen MR) is 114 cm³/mol. The lowest BCUT2D eigenvalue weighted by Crippen LogP contribution is -2.31. The third kappa shape index (κ3) is 4.67. The summed E-state index contributed by atoms with van der Waals surface area (Å²) >= 11 is 5.95. The zero-order valence-electron chi connectivity index (χ0n) is 16.7. The van der Waals surface area contributed by atoms with Crippen LogP contribution in [0.3, 0.4) is 0 Å². The van der Waals surface area contributed by atoms with Gasteiger partial charge in [-0.3, -0.25) is 14.6 Å². The highest BCUT2D eigenvalue weighted by Crippen LogP contribution is 2.30. The second kappa shape index (κ2) is 9.51. The van der Waals surface area contributed by atoms with Crippen LogP contribution in [0.4, 0.5) is 0 Å². The van der Waals surface area contributed by atoms with E-state index in [9.17, 15) is 14.9 Å². The molecule has 1 aromatic heterocycles. The van der Waals surface area contributed by atoms with Crippen LogP contribution in [0.5, 0.6) is 0 Å². The average Bonchev–Trinajstić information content (AvgIpc) is 2.74. The molecule has 0 aliphatic heterocycles. The van der Waals surface area contributed by atoms with Crippen molar-refractivity contribution in [2.45, 2.75) is 31.8 Å². The Hall–Kier alpha value is -3.23. The fraction of sp³-hybridized carbons (Fsp3) is 0.250. The van der Waals surface area contributed by atoms with Gasteiger partial charge in [0.2, 0.25) is 6.10 Å². The smallest absolute Gasteiger partial charge is 0.315 e. The normalized spacial score (nSPS) is 17.8. The maximum Gasteiger partial charge on any atom is 0.315 e. The number of benzene rings is 1. The molecule has 0 bridgehead atoms. The summed E-state index contributed by atoms with van der Waals surface area (Å²) in [5.74, 6) is -2.13. The molecule has 0 radical (unpaired) electrons. The lowest BCUT2D eigenvalue weighted by molar-refractivity contribution is -0.148. The number of carbonyl (C=O) groups excluding carboxylic acids is 2. The van der Waals surface area contributed by atoms with Crippen LogP contribution in [0.25, 0.3) is 0 Å². The summed E-state index contributed by atoms with van der Waals surface area (Å²) in [4.78, 5) is 30.2. The molecular weight excluding hydrogens is 400 g/mol. The third-order valence-corrected chi connectivity index (χ3v) is 5.19. The maximum absolute atomic E-state index is 13.0. The first-order chi connectivity index (χ1) is 14.4. The van der Waals surface area contributed by atoms with Gasteiger partial charge < -0.3 is 4.74 Å². The number of halogens is 1. The van der Waals surface area contributed by atoms with Crippen LogP contribution in [0.15, 0.2) is 72.5 Å². The number of allylic oxidation sites excluding steroid dienone is 3. The van der Waals surface area contributed by atoms with Crippen LogP contribution in [0, 0.1) is 17.2 Å². The van der Waals surface area contributed by atoms with E-state index in [2.05, 4.69) is 4.98 Å². The van der Waals surface area contributed by atoms with Crippen molar-refractivity contribution in [3.05, 3.63) is 88.7 Å². The minimum Gasteiger partial charge on any atom is -0.441 e. The molecule has 1 aromatic carbocycles.